The zero-order valence-electron chi connectivity index (χ0n) is 20.4. The Hall–Kier alpha value is -2.48. The van der Waals surface area contributed by atoms with Gasteiger partial charge in [-0.05, 0) is 59.5 Å². The van der Waals surface area contributed by atoms with E-state index in [2.05, 4.69) is 76.6 Å². The van der Waals surface area contributed by atoms with Crippen molar-refractivity contribution in [2.24, 2.45) is 0 Å². The van der Waals surface area contributed by atoms with Gasteiger partial charge in [0.25, 0.3) is 0 Å². The number of unbranched alkanes of at least 4 members (excludes halogenated alkanes) is 1. The van der Waals surface area contributed by atoms with Gasteiger partial charge in [-0.15, -0.1) is 0 Å². The van der Waals surface area contributed by atoms with Crippen LogP contribution >= 0.6 is 0 Å². The number of halogens is 1. The molecule has 2 aliphatic rings. The molecule has 0 spiro atoms. The van der Waals surface area contributed by atoms with Crippen LogP contribution in [-0.4, -0.2) is 0 Å². The van der Waals surface area contributed by atoms with Crippen molar-refractivity contribution in [2.75, 3.05) is 0 Å². The minimum atomic E-state index is -0.395. The Morgan fingerprint density at radius 1 is 1.03 bits per heavy atom. The molecule has 3 aromatic rings. The van der Waals surface area contributed by atoms with Crippen LogP contribution < -0.4 is 4.57 Å². The van der Waals surface area contributed by atoms with Gasteiger partial charge in [0.2, 0.25) is 5.69 Å². The summed E-state index contributed by atoms with van der Waals surface area (Å²) in [5.41, 5.74) is 7.86. The van der Waals surface area contributed by atoms with Crippen LogP contribution in [0.5, 0.6) is 0 Å². The van der Waals surface area contributed by atoms with Crippen molar-refractivity contribution in [3.8, 4) is 11.3 Å². The molecule has 0 saturated carbocycles. The molecule has 1 aliphatic heterocycles. The van der Waals surface area contributed by atoms with E-state index in [1.54, 1.807) is 6.07 Å². The van der Waals surface area contributed by atoms with Crippen molar-refractivity contribution < 1.29 is 8.96 Å². The molecule has 0 amide bonds. The Morgan fingerprint density at radius 3 is 2.47 bits per heavy atom. The summed E-state index contributed by atoms with van der Waals surface area (Å²) in [6.07, 6.45) is 12.3. The first-order valence-electron chi connectivity index (χ1n) is 12.3. The molecule has 0 unspecified atom stereocenters. The minimum absolute atomic E-state index is 0.0902. The van der Waals surface area contributed by atoms with Crippen molar-refractivity contribution in [1.82, 2.24) is 0 Å². The lowest BCUT2D eigenvalue weighted by molar-refractivity contribution is -0.742. The highest BCUT2D eigenvalue weighted by Crippen LogP contribution is 2.52. The summed E-state index contributed by atoms with van der Waals surface area (Å²) in [4.78, 5) is 0. The monoisotopic (exact) mass is 428 g/mol. The van der Waals surface area contributed by atoms with Crippen LogP contribution in [0.25, 0.3) is 28.1 Å². The summed E-state index contributed by atoms with van der Waals surface area (Å²) >= 11 is 0. The topological polar surface area (TPSA) is 3.88 Å². The first-order valence-corrected chi connectivity index (χ1v) is 12.3. The first-order chi connectivity index (χ1) is 15.3. The molecule has 0 fully saturated rings. The van der Waals surface area contributed by atoms with Crippen LogP contribution in [0.15, 0.2) is 36.5 Å². The van der Waals surface area contributed by atoms with Crippen molar-refractivity contribution >= 4 is 16.8 Å². The van der Waals surface area contributed by atoms with Crippen molar-refractivity contribution in [3.63, 3.8) is 0 Å². The van der Waals surface area contributed by atoms with Gasteiger partial charge in [-0.2, -0.15) is 4.57 Å². The maximum Gasteiger partial charge on any atom is 0.222 e. The second-order valence-corrected chi connectivity index (χ2v) is 10.3. The lowest BCUT2D eigenvalue weighted by Gasteiger charge is -2.36. The van der Waals surface area contributed by atoms with Crippen LogP contribution in [0.2, 0.25) is 0 Å². The smallest absolute Gasteiger partial charge is 0.207 e. The summed E-state index contributed by atoms with van der Waals surface area (Å²) in [5.74, 6) is -0.0902. The number of hydrogen-bond donors (Lipinski definition) is 0. The molecule has 1 aliphatic carbocycles. The highest BCUT2D eigenvalue weighted by atomic mass is 19.1. The maximum absolute atomic E-state index is 15.6. The molecule has 0 bridgehead atoms. The van der Waals surface area contributed by atoms with E-state index in [9.17, 15) is 0 Å². The van der Waals surface area contributed by atoms with E-state index in [1.807, 2.05) is 6.07 Å². The average Bonchev–Trinajstić information content (AvgIpc) is 2.92. The van der Waals surface area contributed by atoms with Gasteiger partial charge in [-0.1, -0.05) is 59.2 Å². The van der Waals surface area contributed by atoms with E-state index in [0.717, 1.165) is 36.0 Å². The zero-order valence-corrected chi connectivity index (χ0v) is 20.4. The Morgan fingerprint density at radius 2 is 1.78 bits per heavy atom. The van der Waals surface area contributed by atoms with Gasteiger partial charge in [0.15, 0.2) is 11.7 Å². The number of benzene rings is 2. The SMILES string of the molecule is CCCCc1cc2c3c4[n+](ccc3c1C)C(CC)(CC)C=Cc1ccc(F)c(c1-4)C2(C)C. The van der Waals surface area contributed by atoms with Crippen molar-refractivity contribution in [2.45, 2.75) is 84.6 Å². The lowest BCUT2D eigenvalue weighted by atomic mass is 9.67. The number of hydrogen-bond acceptors (Lipinski definition) is 0. The lowest BCUT2D eigenvalue weighted by Crippen LogP contribution is -2.56. The number of allylic oxidation sites excluding steroid dienone is 1. The van der Waals surface area contributed by atoms with Crippen LogP contribution in [0.3, 0.4) is 0 Å². The van der Waals surface area contributed by atoms with Crippen molar-refractivity contribution in [1.29, 1.82) is 0 Å². The Balaban J connectivity index is 2.02. The summed E-state index contributed by atoms with van der Waals surface area (Å²) < 4.78 is 18.1. The normalized spacial score (nSPS) is 17.0. The third-order valence-electron chi connectivity index (χ3n) is 8.41. The standard InChI is InChI=1S/C30H35FN/c1-7-10-11-21-18-23-26-22(19(21)4)15-17-32-28(26)25-20(14-16-30(32,8-2)9-3)12-13-24(31)27(25)29(23,5)6/h12-18H,7-11H2,1-6H3/q+1. The Kier molecular flexibility index (Phi) is 4.85. The number of aryl methyl sites for hydroxylation is 2. The van der Waals surface area contributed by atoms with Crippen LogP contribution in [0.1, 0.15) is 88.1 Å². The molecule has 5 rings (SSSR count). The quantitative estimate of drug-likeness (QED) is 0.366. The minimum Gasteiger partial charge on any atom is -0.207 e. The number of pyridine rings is 1. The fraction of sp³-hybridized carbons (Fsp3) is 0.433. The van der Waals surface area contributed by atoms with Crippen LogP contribution in [0.4, 0.5) is 4.39 Å². The molecule has 166 valence electrons. The number of rotatable bonds is 5. The van der Waals surface area contributed by atoms with E-state index in [-0.39, 0.29) is 11.4 Å². The molecule has 0 radical (unpaired) electrons. The molecular formula is C30H35FN+. The molecule has 1 aromatic heterocycles. The van der Waals surface area contributed by atoms with Crippen LogP contribution in [0, 0.1) is 12.7 Å². The van der Waals surface area contributed by atoms with Crippen molar-refractivity contribution in [3.05, 3.63) is 70.2 Å². The third kappa shape index (κ3) is 2.65. The van der Waals surface area contributed by atoms with E-state index < -0.39 is 5.41 Å². The predicted octanol–water partition coefficient (Wildman–Crippen LogP) is 7.77. The van der Waals surface area contributed by atoms with Gasteiger partial charge < -0.3 is 0 Å². The number of nitrogens with zero attached hydrogens (tertiary/aromatic N) is 1. The van der Waals surface area contributed by atoms with E-state index >= 15 is 4.39 Å². The average molecular weight is 429 g/mol. The number of aromatic nitrogens is 1. The van der Waals surface area contributed by atoms with Gasteiger partial charge in [0, 0.05) is 29.9 Å². The van der Waals surface area contributed by atoms with Gasteiger partial charge in [-0.3, -0.25) is 0 Å². The highest BCUT2D eigenvalue weighted by Gasteiger charge is 2.46. The molecule has 32 heavy (non-hydrogen) atoms. The summed E-state index contributed by atoms with van der Waals surface area (Å²) in [6.45, 7) is 13.5. The third-order valence-corrected chi connectivity index (χ3v) is 8.41. The highest BCUT2D eigenvalue weighted by molar-refractivity contribution is 6.03. The summed E-state index contributed by atoms with van der Waals surface area (Å²) in [5, 5.41) is 2.65. The summed E-state index contributed by atoms with van der Waals surface area (Å²) in [7, 11) is 0. The van der Waals surface area contributed by atoms with Gasteiger partial charge >= 0.3 is 0 Å². The second kappa shape index (κ2) is 7.27. The molecule has 2 heteroatoms. The fourth-order valence-corrected chi connectivity index (χ4v) is 6.29. The zero-order chi connectivity index (χ0) is 22.8. The van der Waals surface area contributed by atoms with E-state index in [0.29, 0.717) is 0 Å². The van der Waals surface area contributed by atoms with Gasteiger partial charge in [-0.25, -0.2) is 4.39 Å². The fourth-order valence-electron chi connectivity index (χ4n) is 6.29. The van der Waals surface area contributed by atoms with E-state index in [4.69, 9.17) is 0 Å². The van der Waals surface area contributed by atoms with E-state index in [1.165, 1.54) is 46.0 Å². The molecule has 1 nitrogen and oxygen atoms in total. The largest absolute Gasteiger partial charge is 0.222 e. The molecule has 2 heterocycles. The predicted molar refractivity (Wildman–Crippen MR) is 133 cm³/mol. The molecule has 2 aromatic carbocycles. The first kappa shape index (κ1) is 21.4. The second-order valence-electron chi connectivity index (χ2n) is 10.3. The van der Waals surface area contributed by atoms with Crippen LogP contribution in [-0.2, 0) is 17.4 Å². The molecule has 0 atom stereocenters. The van der Waals surface area contributed by atoms with Gasteiger partial charge in [0.05, 0.1) is 10.9 Å². The Labute approximate surface area is 192 Å². The Bertz CT molecular complexity index is 1270. The maximum atomic E-state index is 15.6. The van der Waals surface area contributed by atoms with Gasteiger partial charge in [0.1, 0.15) is 5.82 Å². The molecule has 0 N–H and O–H groups in total. The summed E-state index contributed by atoms with van der Waals surface area (Å²) in [6, 6.07) is 8.37. The molecular weight excluding hydrogens is 393 g/mol. The molecule has 0 saturated heterocycles.